The fourth-order valence-electron chi connectivity index (χ4n) is 5.25. The molecule has 0 aromatic heterocycles. The summed E-state index contributed by atoms with van der Waals surface area (Å²) in [5, 5.41) is 0. The first-order valence-corrected chi connectivity index (χ1v) is 18.2. The van der Waals surface area contributed by atoms with Crippen LogP contribution in [0.4, 0.5) is 0 Å². The Morgan fingerprint density at radius 2 is 0.979 bits per heavy atom. The van der Waals surface area contributed by atoms with Crippen molar-refractivity contribution in [3.8, 4) is 11.5 Å². The summed E-state index contributed by atoms with van der Waals surface area (Å²) >= 11 is 7.25. The summed E-state index contributed by atoms with van der Waals surface area (Å²) < 4.78 is 13.7. The van der Waals surface area contributed by atoms with E-state index in [-0.39, 0.29) is 25.0 Å². The molecule has 4 aromatic carbocycles. The van der Waals surface area contributed by atoms with Crippen molar-refractivity contribution in [2.45, 2.75) is 65.5 Å². The molecule has 0 spiro atoms. The van der Waals surface area contributed by atoms with Gasteiger partial charge in [0, 0.05) is 26.2 Å². The molecular formula is C40H46Br2N2O4. The Balaban J connectivity index is 1.47. The van der Waals surface area contributed by atoms with Crippen molar-refractivity contribution in [3.63, 3.8) is 0 Å². The summed E-state index contributed by atoms with van der Waals surface area (Å²) in [5.41, 5.74) is 4.44. The van der Waals surface area contributed by atoms with Crippen LogP contribution in [0, 0.1) is 0 Å². The Bertz CT molecular complexity index is 1500. The van der Waals surface area contributed by atoms with Gasteiger partial charge in [-0.25, -0.2) is 0 Å². The average molecular weight is 779 g/mol. The minimum absolute atomic E-state index is 0.121. The molecule has 4 rings (SSSR count). The number of rotatable bonds is 17. The summed E-state index contributed by atoms with van der Waals surface area (Å²) in [5.74, 6) is 1.78. The molecule has 8 heteroatoms. The maximum atomic E-state index is 13.7. The number of nitrogens with zero attached hydrogens (tertiary/aromatic N) is 2. The van der Waals surface area contributed by atoms with Crippen molar-refractivity contribution in [2.75, 3.05) is 26.3 Å². The maximum Gasteiger partial charge on any atom is 0.260 e. The predicted octanol–water partition coefficient (Wildman–Crippen LogP) is 9.75. The van der Waals surface area contributed by atoms with Gasteiger partial charge in [-0.05, 0) is 103 Å². The summed E-state index contributed by atoms with van der Waals surface area (Å²) in [7, 11) is 0. The number of amides is 2. The van der Waals surface area contributed by atoms with Crippen molar-refractivity contribution in [3.05, 3.63) is 128 Å². The molecule has 0 radical (unpaired) electrons. The molecule has 2 amide bonds. The third-order valence-electron chi connectivity index (χ3n) is 8.75. The number of hydrogen-bond donors (Lipinski definition) is 0. The van der Waals surface area contributed by atoms with Crippen LogP contribution in [0.15, 0.2) is 106 Å². The second-order valence-electron chi connectivity index (χ2n) is 12.2. The zero-order valence-electron chi connectivity index (χ0n) is 28.3. The van der Waals surface area contributed by atoms with Crippen LogP contribution in [0.5, 0.6) is 11.5 Å². The molecule has 254 valence electrons. The van der Waals surface area contributed by atoms with Gasteiger partial charge < -0.3 is 19.3 Å². The van der Waals surface area contributed by atoms with E-state index in [1.165, 1.54) is 11.1 Å². The highest BCUT2D eigenvalue weighted by Gasteiger charge is 2.21. The molecule has 0 N–H and O–H groups in total. The molecular weight excluding hydrogens is 732 g/mol. The third kappa shape index (κ3) is 11.0. The number of carbonyl (C=O) groups excluding carboxylic acids is 2. The number of carbonyl (C=O) groups is 2. The number of halogens is 2. The molecule has 0 saturated heterocycles. The van der Waals surface area contributed by atoms with Crippen LogP contribution in [0.1, 0.15) is 74.6 Å². The molecule has 0 fully saturated rings. The fourth-order valence-corrected chi connectivity index (χ4v) is 6.27. The molecule has 4 aromatic rings. The summed E-state index contributed by atoms with van der Waals surface area (Å²) in [4.78, 5) is 30.9. The van der Waals surface area contributed by atoms with Crippen LogP contribution in [0.25, 0.3) is 0 Å². The van der Waals surface area contributed by atoms with Gasteiger partial charge in [-0.15, -0.1) is 0 Å². The van der Waals surface area contributed by atoms with Crippen molar-refractivity contribution < 1.29 is 19.1 Å². The van der Waals surface area contributed by atoms with Crippen LogP contribution >= 0.6 is 31.9 Å². The molecule has 0 bridgehead atoms. The van der Waals surface area contributed by atoms with E-state index in [0.29, 0.717) is 49.5 Å². The van der Waals surface area contributed by atoms with Crippen molar-refractivity contribution in [1.29, 1.82) is 0 Å². The Kier molecular flexibility index (Phi) is 14.6. The van der Waals surface area contributed by atoms with E-state index >= 15 is 0 Å². The zero-order chi connectivity index (χ0) is 34.5. The molecule has 0 heterocycles. The molecule has 2 atom stereocenters. The molecule has 2 unspecified atom stereocenters. The molecule has 0 aliphatic rings. The van der Waals surface area contributed by atoms with E-state index in [4.69, 9.17) is 9.47 Å². The summed E-state index contributed by atoms with van der Waals surface area (Å²) in [6, 6.07) is 31.8. The molecule has 0 aliphatic heterocycles. The SMILES string of the molecule is CCC(C)c1ccc(OCC(=O)N(CCN(Cc2ccccc2)C(=O)COc2ccc(C(C)CC)cc2Br)Cc2ccccc2)c(Br)c1. The Morgan fingerprint density at radius 1 is 0.604 bits per heavy atom. The van der Waals surface area contributed by atoms with Gasteiger partial charge in [-0.1, -0.05) is 100 Å². The van der Waals surface area contributed by atoms with E-state index in [0.717, 1.165) is 32.9 Å². The predicted molar refractivity (Wildman–Crippen MR) is 200 cm³/mol. The van der Waals surface area contributed by atoms with Crippen LogP contribution < -0.4 is 9.47 Å². The van der Waals surface area contributed by atoms with E-state index in [1.807, 2.05) is 84.9 Å². The Hall–Kier alpha value is -3.62. The first kappa shape index (κ1) is 37.2. The standard InChI is InChI=1S/C40H46Br2N2O4/c1-5-29(3)33-17-19-37(35(41)23-33)47-27-39(45)43(25-31-13-9-7-10-14-31)21-22-44(26-32-15-11-8-12-16-32)40(46)28-48-38-20-18-34(24-36(38)42)30(4)6-2/h7-20,23-24,29-30H,5-6,21-22,25-28H2,1-4H3. The van der Waals surface area contributed by atoms with Gasteiger partial charge in [0.2, 0.25) is 0 Å². The number of hydrogen-bond acceptors (Lipinski definition) is 4. The highest BCUT2D eigenvalue weighted by molar-refractivity contribution is 9.10. The first-order valence-electron chi connectivity index (χ1n) is 16.7. The topological polar surface area (TPSA) is 59.1 Å². The van der Waals surface area contributed by atoms with Crippen LogP contribution in [-0.2, 0) is 22.7 Å². The minimum Gasteiger partial charge on any atom is -0.483 e. The van der Waals surface area contributed by atoms with E-state index in [1.54, 1.807) is 9.80 Å². The van der Waals surface area contributed by atoms with E-state index in [2.05, 4.69) is 71.7 Å². The van der Waals surface area contributed by atoms with Gasteiger partial charge in [0.25, 0.3) is 11.8 Å². The molecule has 48 heavy (non-hydrogen) atoms. The van der Waals surface area contributed by atoms with Crippen molar-refractivity contribution >= 4 is 43.7 Å². The second kappa shape index (κ2) is 18.8. The number of ether oxygens (including phenoxy) is 2. The largest absolute Gasteiger partial charge is 0.483 e. The van der Waals surface area contributed by atoms with Gasteiger partial charge in [-0.3, -0.25) is 9.59 Å². The smallest absolute Gasteiger partial charge is 0.260 e. The molecule has 0 aliphatic carbocycles. The lowest BCUT2D eigenvalue weighted by molar-refractivity contribution is -0.138. The third-order valence-corrected chi connectivity index (χ3v) is 9.99. The fraction of sp³-hybridized carbons (Fsp3) is 0.350. The molecule has 0 saturated carbocycles. The number of benzene rings is 4. The van der Waals surface area contributed by atoms with Crippen molar-refractivity contribution in [1.82, 2.24) is 9.80 Å². The van der Waals surface area contributed by atoms with Crippen LogP contribution in [-0.4, -0.2) is 47.9 Å². The lowest BCUT2D eigenvalue weighted by atomic mass is 9.99. The van der Waals surface area contributed by atoms with E-state index in [9.17, 15) is 9.59 Å². The molecule has 6 nitrogen and oxygen atoms in total. The zero-order valence-corrected chi connectivity index (χ0v) is 31.5. The average Bonchev–Trinajstić information content (AvgIpc) is 3.11. The van der Waals surface area contributed by atoms with Gasteiger partial charge >= 0.3 is 0 Å². The van der Waals surface area contributed by atoms with Gasteiger partial charge in [0.15, 0.2) is 13.2 Å². The highest BCUT2D eigenvalue weighted by Crippen LogP contribution is 2.31. The maximum absolute atomic E-state index is 13.7. The quantitative estimate of drug-likeness (QED) is 0.107. The summed E-state index contributed by atoms with van der Waals surface area (Å²) in [6.07, 6.45) is 2.08. The minimum atomic E-state index is -0.162. The summed E-state index contributed by atoms with van der Waals surface area (Å²) in [6.45, 7) is 9.92. The van der Waals surface area contributed by atoms with Gasteiger partial charge in [-0.2, -0.15) is 0 Å². The van der Waals surface area contributed by atoms with Crippen LogP contribution in [0.2, 0.25) is 0 Å². The Morgan fingerprint density at radius 3 is 1.31 bits per heavy atom. The van der Waals surface area contributed by atoms with Gasteiger partial charge in [0.1, 0.15) is 11.5 Å². The first-order chi connectivity index (χ1) is 23.2. The highest BCUT2D eigenvalue weighted by atomic mass is 79.9. The monoisotopic (exact) mass is 776 g/mol. The van der Waals surface area contributed by atoms with E-state index < -0.39 is 0 Å². The van der Waals surface area contributed by atoms with Crippen LogP contribution in [0.3, 0.4) is 0 Å². The lowest BCUT2D eigenvalue weighted by Crippen LogP contribution is -2.43. The van der Waals surface area contributed by atoms with Gasteiger partial charge in [0.05, 0.1) is 8.95 Å². The lowest BCUT2D eigenvalue weighted by Gasteiger charge is -2.28. The normalized spacial score (nSPS) is 12.2. The Labute approximate surface area is 302 Å². The van der Waals surface area contributed by atoms with Crippen molar-refractivity contribution in [2.24, 2.45) is 0 Å². The second-order valence-corrected chi connectivity index (χ2v) is 13.9.